The average molecular weight is 436 g/mol. The number of ether oxygens (including phenoxy) is 3. The summed E-state index contributed by atoms with van der Waals surface area (Å²) in [6.45, 7) is 9.02. The van der Waals surface area contributed by atoms with Crippen molar-refractivity contribution >= 4 is 11.7 Å². The van der Waals surface area contributed by atoms with Crippen LogP contribution in [0.5, 0.6) is 17.2 Å². The number of likely N-dealkylation sites (tertiary alicyclic amines) is 1. The summed E-state index contributed by atoms with van der Waals surface area (Å²) < 4.78 is 17.8. The first-order valence-electron chi connectivity index (χ1n) is 11.0. The highest BCUT2D eigenvalue weighted by atomic mass is 16.5. The van der Waals surface area contributed by atoms with E-state index in [1.165, 1.54) is 0 Å². The highest BCUT2D eigenvalue weighted by Gasteiger charge is 2.44. The summed E-state index contributed by atoms with van der Waals surface area (Å²) in [6, 6.07) is 11.1. The van der Waals surface area contributed by atoms with Crippen LogP contribution in [0.25, 0.3) is 0 Å². The number of hydrogen-bond acceptors (Lipinski definition) is 5. The zero-order valence-corrected chi connectivity index (χ0v) is 18.7. The molecule has 6 nitrogen and oxygen atoms in total. The molecular formula is C26H29NO5. The predicted octanol–water partition coefficient (Wildman–Crippen LogP) is 4.27. The molecule has 0 aromatic heterocycles. The first kappa shape index (κ1) is 21.9. The number of rotatable bonds is 6. The Kier molecular flexibility index (Phi) is 6.21. The molecule has 0 aliphatic carbocycles. The number of nitrogens with zero attached hydrogens (tertiary/aromatic N) is 1. The molecule has 2 aliphatic heterocycles. The Labute approximate surface area is 188 Å². The Hall–Kier alpha value is -3.28. The smallest absolute Gasteiger partial charge is 0.260 e. The van der Waals surface area contributed by atoms with Gasteiger partial charge in [-0.15, -0.1) is 0 Å². The maximum absolute atomic E-state index is 12.8. The van der Waals surface area contributed by atoms with Gasteiger partial charge in [-0.05, 0) is 43.2 Å². The van der Waals surface area contributed by atoms with Crippen molar-refractivity contribution in [2.75, 3.05) is 26.3 Å². The van der Waals surface area contributed by atoms with Crippen LogP contribution in [0.15, 0.2) is 49.1 Å². The van der Waals surface area contributed by atoms with Crippen LogP contribution in [0.1, 0.15) is 40.7 Å². The van der Waals surface area contributed by atoms with Crippen LogP contribution in [-0.4, -0.2) is 48.5 Å². The Balaban J connectivity index is 1.37. The zero-order valence-electron chi connectivity index (χ0n) is 18.7. The van der Waals surface area contributed by atoms with E-state index in [0.717, 1.165) is 11.1 Å². The topological polar surface area (TPSA) is 65.1 Å². The van der Waals surface area contributed by atoms with Crippen molar-refractivity contribution in [1.29, 1.82) is 0 Å². The molecule has 1 fully saturated rings. The second kappa shape index (κ2) is 9.07. The Morgan fingerprint density at radius 2 is 1.81 bits per heavy atom. The van der Waals surface area contributed by atoms with Crippen LogP contribution >= 0.6 is 0 Å². The number of ketones is 1. The number of hydrogen-bond donors (Lipinski definition) is 0. The van der Waals surface area contributed by atoms with E-state index in [-0.39, 0.29) is 18.3 Å². The van der Waals surface area contributed by atoms with E-state index >= 15 is 0 Å². The van der Waals surface area contributed by atoms with Gasteiger partial charge in [0.2, 0.25) is 0 Å². The third-order valence-electron chi connectivity index (χ3n) is 6.36. The van der Waals surface area contributed by atoms with Gasteiger partial charge in [0.15, 0.2) is 23.9 Å². The number of Topliss-reactive ketones (excluding diaryl/α,β-unsaturated/α-hetero) is 1. The number of para-hydroxylation sites is 2. The number of benzene rings is 2. The van der Waals surface area contributed by atoms with Crippen molar-refractivity contribution in [2.45, 2.75) is 38.7 Å². The van der Waals surface area contributed by atoms with Gasteiger partial charge in [0.05, 0.1) is 12.0 Å². The lowest BCUT2D eigenvalue weighted by molar-refractivity contribution is -0.137. The molecule has 2 aromatic rings. The third kappa shape index (κ3) is 4.35. The molecule has 1 saturated heterocycles. The fourth-order valence-corrected chi connectivity index (χ4v) is 4.29. The number of carbonyl (C=O) groups is 2. The van der Waals surface area contributed by atoms with E-state index in [4.69, 9.17) is 14.2 Å². The van der Waals surface area contributed by atoms with Crippen LogP contribution in [0, 0.1) is 13.8 Å². The average Bonchev–Trinajstić information content (AvgIpc) is 2.80. The summed E-state index contributed by atoms with van der Waals surface area (Å²) >= 11 is 0. The highest BCUT2D eigenvalue weighted by molar-refractivity contribution is 6.01. The molecule has 0 radical (unpaired) electrons. The van der Waals surface area contributed by atoms with E-state index in [1.54, 1.807) is 23.1 Å². The van der Waals surface area contributed by atoms with Crippen molar-refractivity contribution < 1.29 is 23.8 Å². The first-order valence-corrected chi connectivity index (χ1v) is 11.0. The van der Waals surface area contributed by atoms with E-state index in [9.17, 15) is 9.59 Å². The Morgan fingerprint density at radius 1 is 1.12 bits per heavy atom. The number of piperidine rings is 1. The minimum absolute atomic E-state index is 0.0671. The van der Waals surface area contributed by atoms with Crippen molar-refractivity contribution in [3.05, 3.63) is 65.7 Å². The normalized spacial score (nSPS) is 16.8. The van der Waals surface area contributed by atoms with Gasteiger partial charge in [-0.1, -0.05) is 30.9 Å². The maximum atomic E-state index is 12.8. The van der Waals surface area contributed by atoms with E-state index in [2.05, 4.69) is 6.58 Å². The van der Waals surface area contributed by atoms with E-state index in [0.29, 0.717) is 61.8 Å². The molecule has 2 aliphatic rings. The largest absolute Gasteiger partial charge is 0.486 e. The molecule has 0 atom stereocenters. The SMILES string of the molecule is C=CCOc1ccccc1OCC(=O)N1CCC2(CC1)CC(=O)c1ccc(C)c(C)c1O2. The van der Waals surface area contributed by atoms with Gasteiger partial charge in [-0.25, -0.2) is 0 Å². The number of aryl methyl sites for hydroxylation is 1. The lowest BCUT2D eigenvalue weighted by Crippen LogP contribution is -2.53. The molecule has 6 heteroatoms. The molecule has 0 bridgehead atoms. The molecule has 2 aromatic carbocycles. The molecule has 0 saturated carbocycles. The molecule has 1 amide bonds. The van der Waals surface area contributed by atoms with Crippen molar-refractivity contribution in [3.8, 4) is 17.2 Å². The molecule has 0 unspecified atom stereocenters. The van der Waals surface area contributed by atoms with Crippen molar-refractivity contribution in [2.24, 2.45) is 0 Å². The minimum Gasteiger partial charge on any atom is -0.486 e. The van der Waals surface area contributed by atoms with Gasteiger partial charge in [0, 0.05) is 25.9 Å². The van der Waals surface area contributed by atoms with Gasteiger partial charge in [-0.3, -0.25) is 9.59 Å². The second-order valence-electron chi connectivity index (χ2n) is 8.49. The predicted molar refractivity (Wildman–Crippen MR) is 122 cm³/mol. The monoisotopic (exact) mass is 435 g/mol. The number of carbonyl (C=O) groups excluding carboxylic acids is 2. The molecule has 168 valence electrons. The summed E-state index contributed by atoms with van der Waals surface area (Å²) in [6.07, 6.45) is 3.26. The molecule has 1 spiro atoms. The maximum Gasteiger partial charge on any atom is 0.260 e. The molecule has 2 heterocycles. The second-order valence-corrected chi connectivity index (χ2v) is 8.49. The lowest BCUT2D eigenvalue weighted by atomic mass is 9.81. The Bertz CT molecular complexity index is 1040. The van der Waals surface area contributed by atoms with E-state index < -0.39 is 5.60 Å². The minimum atomic E-state index is -0.536. The van der Waals surface area contributed by atoms with E-state index in [1.807, 2.05) is 38.1 Å². The van der Waals surface area contributed by atoms with Crippen LogP contribution in [0.4, 0.5) is 0 Å². The highest BCUT2D eigenvalue weighted by Crippen LogP contribution is 2.41. The quantitative estimate of drug-likeness (QED) is 0.634. The summed E-state index contributed by atoms with van der Waals surface area (Å²) in [5.41, 5.74) is 2.25. The Morgan fingerprint density at radius 3 is 2.50 bits per heavy atom. The standard InChI is InChI=1S/C26H29NO5/c1-4-15-30-22-7-5-6-8-23(22)31-17-24(29)27-13-11-26(12-14-27)16-21(28)20-10-9-18(2)19(3)25(20)32-26/h4-10H,1,11-17H2,2-3H3. The third-order valence-corrected chi connectivity index (χ3v) is 6.36. The fraction of sp³-hybridized carbons (Fsp3) is 0.385. The molecular weight excluding hydrogens is 406 g/mol. The zero-order chi connectivity index (χ0) is 22.7. The number of amides is 1. The van der Waals surface area contributed by atoms with Crippen molar-refractivity contribution in [3.63, 3.8) is 0 Å². The summed E-state index contributed by atoms with van der Waals surface area (Å²) in [7, 11) is 0. The first-order chi connectivity index (χ1) is 15.4. The molecule has 0 N–H and O–H groups in total. The van der Waals surface area contributed by atoms with Crippen LogP contribution < -0.4 is 14.2 Å². The fourth-order valence-electron chi connectivity index (χ4n) is 4.29. The van der Waals surface area contributed by atoms with Crippen LogP contribution in [0.3, 0.4) is 0 Å². The summed E-state index contributed by atoms with van der Waals surface area (Å²) in [5.74, 6) is 1.85. The van der Waals surface area contributed by atoms with Gasteiger partial charge in [-0.2, -0.15) is 0 Å². The lowest BCUT2D eigenvalue weighted by Gasteiger charge is -2.44. The summed E-state index contributed by atoms with van der Waals surface area (Å²) in [5, 5.41) is 0. The van der Waals surface area contributed by atoms with Gasteiger partial charge in [0.25, 0.3) is 5.91 Å². The van der Waals surface area contributed by atoms with Gasteiger partial charge in [0.1, 0.15) is 18.0 Å². The number of fused-ring (bicyclic) bond motifs is 1. The van der Waals surface area contributed by atoms with Crippen LogP contribution in [0.2, 0.25) is 0 Å². The van der Waals surface area contributed by atoms with Crippen LogP contribution in [-0.2, 0) is 4.79 Å². The molecule has 32 heavy (non-hydrogen) atoms. The summed E-state index contributed by atoms with van der Waals surface area (Å²) in [4.78, 5) is 27.4. The molecule has 4 rings (SSSR count). The van der Waals surface area contributed by atoms with Gasteiger partial charge >= 0.3 is 0 Å². The van der Waals surface area contributed by atoms with Crippen molar-refractivity contribution in [1.82, 2.24) is 4.90 Å². The van der Waals surface area contributed by atoms with Gasteiger partial charge < -0.3 is 19.1 Å².